The van der Waals surface area contributed by atoms with Gasteiger partial charge in [-0.25, -0.2) is 0 Å². The van der Waals surface area contributed by atoms with Crippen LogP contribution in [0.15, 0.2) is 20.1 Å². The summed E-state index contributed by atoms with van der Waals surface area (Å²) in [6, 6.07) is 3.43. The van der Waals surface area contributed by atoms with Crippen LogP contribution >= 0.6 is 43.5 Å². The molecule has 0 spiro atoms. The lowest BCUT2D eigenvalue weighted by atomic mass is 10.2. The molecular weight excluding hydrogens is 385 g/mol. The first-order valence-electron chi connectivity index (χ1n) is 4.60. The lowest BCUT2D eigenvalue weighted by molar-refractivity contribution is 1.29. The third kappa shape index (κ3) is 3.22. The van der Waals surface area contributed by atoms with Crippen LogP contribution in [0.25, 0.3) is 0 Å². The molecule has 5 nitrogen and oxygen atoms in total. The average molecular weight is 393 g/mol. The fraction of sp³-hybridized carbons (Fsp3) is 0.100. The molecule has 0 saturated carbocycles. The van der Waals surface area contributed by atoms with E-state index in [0.29, 0.717) is 19.7 Å². The molecule has 8 heteroatoms. The van der Waals surface area contributed by atoms with E-state index in [1.807, 2.05) is 6.92 Å². The highest BCUT2D eigenvalue weighted by atomic mass is 79.9. The second kappa shape index (κ2) is 6.18. The number of hydrogen-bond acceptors (Lipinski definition) is 4. The zero-order chi connectivity index (χ0) is 13.9. The topological polar surface area (TPSA) is 98.0 Å². The smallest absolute Gasteiger partial charge is 0.201 e. The summed E-state index contributed by atoms with van der Waals surface area (Å²) in [6.45, 7) is 1.84. The summed E-state index contributed by atoms with van der Waals surface area (Å²) >= 11 is 12.7. The van der Waals surface area contributed by atoms with Crippen LogP contribution in [0.4, 0.5) is 5.69 Å². The molecule has 0 heterocycles. The summed E-state index contributed by atoms with van der Waals surface area (Å²) in [5, 5.41) is 20.2. The summed E-state index contributed by atoms with van der Waals surface area (Å²) in [4.78, 5) is 0. The van der Waals surface area contributed by atoms with Crippen LogP contribution in [-0.4, -0.2) is 11.5 Å². The van der Waals surface area contributed by atoms with E-state index in [4.69, 9.17) is 28.0 Å². The van der Waals surface area contributed by atoms with Crippen LogP contribution in [0.3, 0.4) is 0 Å². The van der Waals surface area contributed by atoms with Crippen molar-refractivity contribution >= 4 is 60.7 Å². The molecule has 0 aliphatic heterocycles. The van der Waals surface area contributed by atoms with Gasteiger partial charge in [0.25, 0.3) is 0 Å². The Labute approximate surface area is 126 Å². The highest BCUT2D eigenvalue weighted by Gasteiger charge is 2.11. The van der Waals surface area contributed by atoms with E-state index in [9.17, 15) is 0 Å². The molecule has 0 amide bonds. The molecule has 18 heavy (non-hydrogen) atoms. The van der Waals surface area contributed by atoms with Gasteiger partial charge in [-0.1, -0.05) is 11.6 Å². The van der Waals surface area contributed by atoms with Gasteiger partial charge >= 0.3 is 0 Å². The number of anilines is 1. The second-order valence-corrected chi connectivity index (χ2v) is 5.31. The van der Waals surface area contributed by atoms with Crippen molar-refractivity contribution < 1.29 is 0 Å². The van der Waals surface area contributed by atoms with Crippen molar-refractivity contribution in [3.8, 4) is 6.07 Å². The monoisotopic (exact) mass is 391 g/mol. The Balaban J connectivity index is 3.18. The van der Waals surface area contributed by atoms with E-state index in [1.54, 1.807) is 12.1 Å². The van der Waals surface area contributed by atoms with Gasteiger partial charge in [-0.05, 0) is 50.4 Å². The van der Waals surface area contributed by atoms with Crippen LogP contribution < -0.4 is 11.2 Å². The Kier molecular flexibility index (Phi) is 5.14. The van der Waals surface area contributed by atoms with E-state index in [2.05, 4.69) is 42.4 Å². The first-order chi connectivity index (χ1) is 8.38. The van der Waals surface area contributed by atoms with Crippen molar-refractivity contribution in [3.63, 3.8) is 0 Å². The van der Waals surface area contributed by atoms with E-state index >= 15 is 0 Å². The van der Waals surface area contributed by atoms with Gasteiger partial charge < -0.3 is 5.73 Å². The Morgan fingerprint density at radius 1 is 1.61 bits per heavy atom. The maximum absolute atomic E-state index is 8.73. The predicted octanol–water partition coefficient (Wildman–Crippen LogP) is 3.40. The number of halogens is 3. The van der Waals surface area contributed by atoms with Gasteiger partial charge in [0.2, 0.25) is 5.71 Å². The summed E-state index contributed by atoms with van der Waals surface area (Å²) in [6.07, 6.45) is 0. The molecule has 0 saturated heterocycles. The highest BCUT2D eigenvalue weighted by Crippen LogP contribution is 2.37. The largest absolute Gasteiger partial charge is 0.382 e. The van der Waals surface area contributed by atoms with Crippen LogP contribution in [-0.2, 0) is 0 Å². The van der Waals surface area contributed by atoms with Gasteiger partial charge in [-0.3, -0.25) is 10.8 Å². The second-order valence-electron chi connectivity index (χ2n) is 3.25. The number of benzene rings is 1. The average Bonchev–Trinajstić information content (AvgIpc) is 2.30. The number of rotatable bonds is 3. The number of nitrogens with two attached hydrogens (primary N) is 1. The van der Waals surface area contributed by atoms with Crippen molar-refractivity contribution in [1.29, 1.82) is 10.7 Å². The molecule has 0 atom stereocenters. The quantitative estimate of drug-likeness (QED) is 0.417. The number of nitrogens with one attached hydrogen (secondary N) is 2. The molecule has 0 aliphatic carbocycles. The summed E-state index contributed by atoms with van der Waals surface area (Å²) < 4.78 is 1.39. The van der Waals surface area contributed by atoms with Crippen LogP contribution in [0, 0.1) is 23.7 Å². The maximum Gasteiger partial charge on any atom is 0.201 e. The molecular formula is C10H8Br2ClN5. The summed E-state index contributed by atoms with van der Waals surface area (Å²) in [7, 11) is 0. The van der Waals surface area contributed by atoms with E-state index in [0.717, 1.165) is 5.56 Å². The summed E-state index contributed by atoms with van der Waals surface area (Å²) in [5.74, 6) is -0.400. The van der Waals surface area contributed by atoms with Crippen molar-refractivity contribution in [2.45, 2.75) is 6.92 Å². The Morgan fingerprint density at radius 2 is 2.22 bits per heavy atom. The van der Waals surface area contributed by atoms with Crippen molar-refractivity contribution in [2.24, 2.45) is 10.8 Å². The van der Waals surface area contributed by atoms with E-state index in [-0.39, 0.29) is 5.71 Å². The zero-order valence-corrected chi connectivity index (χ0v) is 13.1. The minimum atomic E-state index is -0.400. The minimum absolute atomic E-state index is 0.193. The zero-order valence-electron chi connectivity index (χ0n) is 9.18. The van der Waals surface area contributed by atoms with Crippen LogP contribution in [0.2, 0.25) is 5.02 Å². The first kappa shape index (κ1) is 15.0. The molecule has 0 unspecified atom stereocenters. The lowest BCUT2D eigenvalue weighted by Gasteiger charge is -2.11. The molecule has 1 aromatic rings. The summed E-state index contributed by atoms with van der Waals surface area (Å²) in [5.41, 5.74) is 9.10. The molecule has 0 fully saturated rings. The lowest BCUT2D eigenvalue weighted by Crippen LogP contribution is -2.22. The van der Waals surface area contributed by atoms with Gasteiger partial charge in [-0.15, -0.1) is 0 Å². The van der Waals surface area contributed by atoms with Crippen LogP contribution in [0.1, 0.15) is 5.56 Å². The van der Waals surface area contributed by atoms with Crippen LogP contribution in [0.5, 0.6) is 0 Å². The number of nitriles is 1. The van der Waals surface area contributed by atoms with Gasteiger partial charge in [0, 0.05) is 14.0 Å². The fourth-order valence-corrected chi connectivity index (χ4v) is 2.80. The third-order valence-electron chi connectivity index (χ3n) is 2.04. The number of hydrogen-bond donors (Lipinski definition) is 3. The molecule has 1 rings (SSSR count). The van der Waals surface area contributed by atoms with Crippen molar-refractivity contribution in [3.05, 3.63) is 25.6 Å². The highest BCUT2D eigenvalue weighted by molar-refractivity contribution is 9.11. The fourth-order valence-electron chi connectivity index (χ4n) is 1.05. The SMILES string of the molecule is Cc1c(Cl)cc(Br)c(N/N=C(\C#N)C(=N)N)c1Br. The van der Waals surface area contributed by atoms with Gasteiger partial charge in [0.05, 0.1) is 5.69 Å². The molecule has 0 aromatic heterocycles. The number of hydrazone groups is 1. The molecule has 0 radical (unpaired) electrons. The molecule has 0 aliphatic rings. The molecule has 1 aromatic carbocycles. The molecule has 0 bridgehead atoms. The molecule has 94 valence electrons. The Morgan fingerprint density at radius 3 is 2.72 bits per heavy atom. The normalized spacial score (nSPS) is 10.9. The van der Waals surface area contributed by atoms with Gasteiger partial charge in [0.15, 0.2) is 5.84 Å². The maximum atomic E-state index is 8.73. The van der Waals surface area contributed by atoms with Crippen molar-refractivity contribution in [2.75, 3.05) is 5.43 Å². The van der Waals surface area contributed by atoms with Gasteiger partial charge in [-0.2, -0.15) is 10.4 Å². The Bertz CT molecular complexity index is 577. The van der Waals surface area contributed by atoms with Gasteiger partial charge in [0.1, 0.15) is 6.07 Å². The predicted molar refractivity (Wildman–Crippen MR) is 80.2 cm³/mol. The Hall–Kier alpha value is -1.10. The van der Waals surface area contributed by atoms with Crippen molar-refractivity contribution in [1.82, 2.24) is 0 Å². The van der Waals surface area contributed by atoms with E-state index in [1.165, 1.54) is 0 Å². The minimum Gasteiger partial charge on any atom is -0.382 e. The van der Waals surface area contributed by atoms with E-state index < -0.39 is 5.84 Å². The first-order valence-corrected chi connectivity index (χ1v) is 6.57. The molecule has 4 N–H and O–H groups in total. The number of nitrogens with zero attached hydrogens (tertiary/aromatic N) is 2. The third-order valence-corrected chi connectivity index (χ3v) is 4.05. The standard InChI is InChI=1S/C10H8Br2ClN5/c1-4-6(13)2-5(11)9(8(4)12)18-17-7(3-14)10(15)16/h2,18H,1H3,(H3,15,16)/b17-7+. The number of amidine groups is 1.